The molecule has 5 atom stereocenters. The van der Waals surface area contributed by atoms with Crippen LogP contribution in [0.3, 0.4) is 0 Å². The summed E-state index contributed by atoms with van der Waals surface area (Å²) in [5.74, 6) is 1.99. The summed E-state index contributed by atoms with van der Waals surface area (Å²) >= 11 is 0. The van der Waals surface area contributed by atoms with E-state index in [-0.39, 0.29) is 48.1 Å². The quantitative estimate of drug-likeness (QED) is 0.127. The van der Waals surface area contributed by atoms with Gasteiger partial charge in [-0.05, 0) is 147 Å². The van der Waals surface area contributed by atoms with Crippen molar-refractivity contribution in [1.82, 2.24) is 14.1 Å². The van der Waals surface area contributed by atoms with Crippen LogP contribution in [0, 0.1) is 23.9 Å². The van der Waals surface area contributed by atoms with Crippen LogP contribution in [0.5, 0.6) is 11.5 Å². The second-order valence-corrected chi connectivity index (χ2v) is 27.5. The molecule has 0 fully saturated rings. The molecule has 3 aromatic heterocycles. The van der Waals surface area contributed by atoms with E-state index in [1.165, 1.54) is 72.3 Å². The van der Waals surface area contributed by atoms with E-state index in [0.29, 0.717) is 11.5 Å². The van der Waals surface area contributed by atoms with Gasteiger partial charge in [0.2, 0.25) is 0 Å². The molecular weight excluding hydrogens is 1290 g/mol. The summed E-state index contributed by atoms with van der Waals surface area (Å²) in [4.78, 5) is 4.95. The number of hydrogen-bond donors (Lipinski definition) is 0. The monoisotopic (exact) mass is 1350 g/mol. The van der Waals surface area contributed by atoms with Crippen LogP contribution in [0.1, 0.15) is 98.5 Å². The first-order chi connectivity index (χ1) is 43.8. The molecule has 0 saturated heterocycles. The van der Waals surface area contributed by atoms with Crippen molar-refractivity contribution in [1.29, 1.82) is 0 Å². The van der Waals surface area contributed by atoms with Crippen LogP contribution >= 0.6 is 0 Å². The zero-order valence-corrected chi connectivity index (χ0v) is 54.0. The molecule has 14 aromatic rings. The van der Waals surface area contributed by atoms with E-state index >= 15 is 0 Å². The van der Waals surface area contributed by atoms with Gasteiger partial charge < -0.3 is 13.9 Å². The molecule has 91 heavy (non-hydrogen) atoms. The van der Waals surface area contributed by atoms with Gasteiger partial charge in [-0.15, -0.1) is 29.7 Å². The summed E-state index contributed by atoms with van der Waals surface area (Å²) in [6, 6.07) is 98.2. The van der Waals surface area contributed by atoms with Gasteiger partial charge in [-0.1, -0.05) is 230 Å². The Morgan fingerprint density at radius 3 is 1.58 bits per heavy atom. The van der Waals surface area contributed by atoms with Crippen LogP contribution in [0.2, 0.25) is 0 Å². The van der Waals surface area contributed by atoms with Crippen LogP contribution in [0.15, 0.2) is 249 Å². The van der Waals surface area contributed by atoms with E-state index in [1.54, 1.807) is 0 Å². The van der Waals surface area contributed by atoms with Gasteiger partial charge >= 0.3 is 0 Å². The SMILES string of the molecule is CC(C)(C)c1ccnc(-n2c3[c-]c(Oc4[c-]c(-n5[c-][n+]6c7c(cc(-c8ccc9c(c8)C8(C)c%10ccccc%10C%10(C)c%11ccccc%11C%11(C)c%12ccccc%12C9(C)C%11%108)cc75)-c5ccccc5-c5ccccc5-c5ccccc5-6)ccc4)ccc3c3ccccc32)c1.[Pt]. The average Bonchev–Trinajstić information content (AvgIpc) is 1.41. The van der Waals surface area contributed by atoms with Crippen molar-refractivity contribution in [3.05, 3.63) is 317 Å². The van der Waals surface area contributed by atoms with E-state index in [9.17, 15) is 0 Å². The summed E-state index contributed by atoms with van der Waals surface area (Å²) in [7, 11) is 0. The van der Waals surface area contributed by atoms with Crippen molar-refractivity contribution in [2.75, 3.05) is 0 Å². The van der Waals surface area contributed by atoms with E-state index < -0.39 is 5.41 Å². The number of fused-ring (bicyclic) bond motifs is 22. The second-order valence-electron chi connectivity index (χ2n) is 27.5. The molecule has 440 valence electrons. The number of benzene rings is 11. The Balaban J connectivity index is 0.00000614. The number of imidazole rings is 1. The first-order valence-corrected chi connectivity index (χ1v) is 31.7. The average molecular weight is 1350 g/mol. The first-order valence-electron chi connectivity index (χ1n) is 31.7. The molecule has 19 rings (SSSR count). The Hall–Kier alpha value is -9.67. The molecule has 4 heterocycles. The first kappa shape index (κ1) is 54.3. The number of pyridine rings is 1. The van der Waals surface area contributed by atoms with E-state index in [4.69, 9.17) is 9.72 Å². The third kappa shape index (κ3) is 6.50. The largest absolute Gasteiger partial charge is 0.510 e. The normalized spacial score (nSPS) is 21.5. The molecule has 5 aliphatic rings. The van der Waals surface area contributed by atoms with Crippen molar-refractivity contribution in [3.8, 4) is 73.2 Å². The molecule has 4 aliphatic carbocycles. The maximum absolute atomic E-state index is 6.93. The molecular formula is C85H62N4OPt-2. The van der Waals surface area contributed by atoms with Crippen LogP contribution in [0.25, 0.3) is 94.5 Å². The molecule has 0 N–H and O–H groups in total. The summed E-state index contributed by atoms with van der Waals surface area (Å²) in [6.45, 7) is 17.2. The topological polar surface area (TPSA) is 35.9 Å². The van der Waals surface area contributed by atoms with E-state index in [0.717, 1.165) is 72.3 Å². The summed E-state index contributed by atoms with van der Waals surface area (Å²) in [6.07, 6.45) is 5.92. The van der Waals surface area contributed by atoms with Crippen LogP contribution in [-0.2, 0) is 48.1 Å². The molecule has 6 heteroatoms. The van der Waals surface area contributed by atoms with Gasteiger partial charge in [0, 0.05) is 71.4 Å². The zero-order valence-electron chi connectivity index (χ0n) is 51.7. The van der Waals surface area contributed by atoms with Crippen LogP contribution in [0.4, 0.5) is 0 Å². The number of aromatic nitrogens is 4. The summed E-state index contributed by atoms with van der Waals surface area (Å²) in [5, 5.41) is 2.21. The van der Waals surface area contributed by atoms with Gasteiger partial charge in [0.25, 0.3) is 6.33 Å². The minimum Gasteiger partial charge on any atom is -0.510 e. The van der Waals surface area contributed by atoms with Crippen molar-refractivity contribution < 1.29 is 30.4 Å². The number of hydrogen-bond acceptors (Lipinski definition) is 2. The molecule has 1 aliphatic heterocycles. The van der Waals surface area contributed by atoms with Gasteiger partial charge in [-0.2, -0.15) is 18.2 Å². The third-order valence-electron chi connectivity index (χ3n) is 22.7. The Morgan fingerprint density at radius 1 is 0.429 bits per heavy atom. The Labute approximate surface area is 545 Å². The Morgan fingerprint density at radius 2 is 0.956 bits per heavy atom. The maximum Gasteiger partial charge on any atom is 0.268 e. The molecule has 0 radical (unpaired) electrons. The smallest absolute Gasteiger partial charge is 0.268 e. The second kappa shape index (κ2) is 18.5. The molecule has 0 saturated carbocycles. The zero-order chi connectivity index (χ0) is 60.4. The van der Waals surface area contributed by atoms with E-state index in [2.05, 4.69) is 311 Å². The minimum atomic E-state index is -0.407. The number of para-hydroxylation sites is 2. The van der Waals surface area contributed by atoms with Gasteiger partial charge in [0.05, 0.1) is 16.7 Å². The fourth-order valence-electron chi connectivity index (χ4n) is 19.5. The Bertz CT molecular complexity index is 5470. The standard InChI is InChI=1S/C85H62N4O.Pt/c1-80(2,3)54-43-44-86-78(48-54)89-75-38-21-13-30-63(75)64-41-40-57(50-76(64)89)90-56-24-22-23-55(49-56)87-51-88-74-37-20-12-29-62(74)60-27-10-8-25-58(60)59-26-9-11-28-61(59)65-45-53(47-77(87)79(65)88)52-39-42-72-73(46-52)84(7)71-36-19-18-35-70(71)82(5)67-32-15-14-31-66(67)81(4)68-33-16-17-34-69(68)83(72,6)85(81,82)84;/h8-48H,1-7H3;/q-2;. The van der Waals surface area contributed by atoms with Gasteiger partial charge in [0.1, 0.15) is 5.82 Å². The molecule has 5 unspecified atom stereocenters. The summed E-state index contributed by atoms with van der Waals surface area (Å²) in [5.41, 5.74) is 26.1. The fraction of sp³-hybridized carbons (Fsp3) is 0.153. The predicted molar refractivity (Wildman–Crippen MR) is 362 cm³/mol. The number of nitrogens with zero attached hydrogens (tertiary/aromatic N) is 4. The number of ether oxygens (including phenoxy) is 1. The molecule has 0 amide bonds. The van der Waals surface area contributed by atoms with Gasteiger partial charge in [-0.3, -0.25) is 4.57 Å². The van der Waals surface area contributed by atoms with Crippen molar-refractivity contribution >= 4 is 32.8 Å². The minimum absolute atomic E-state index is 0. The third-order valence-corrected chi connectivity index (χ3v) is 22.7. The Kier molecular flexibility index (Phi) is 11.0. The molecule has 11 aromatic carbocycles. The van der Waals surface area contributed by atoms with Crippen molar-refractivity contribution in [3.63, 3.8) is 0 Å². The molecule has 5 nitrogen and oxygen atoms in total. The van der Waals surface area contributed by atoms with Crippen molar-refractivity contribution in [2.45, 2.75) is 75.5 Å². The van der Waals surface area contributed by atoms with Crippen molar-refractivity contribution in [2.24, 2.45) is 5.41 Å². The maximum atomic E-state index is 6.93. The van der Waals surface area contributed by atoms with Crippen LogP contribution < -0.4 is 9.30 Å². The summed E-state index contributed by atoms with van der Waals surface area (Å²) < 4.78 is 13.6. The number of rotatable bonds is 5. The van der Waals surface area contributed by atoms with Gasteiger partial charge in [-0.25, -0.2) is 4.98 Å². The van der Waals surface area contributed by atoms with Crippen LogP contribution in [-0.4, -0.2) is 14.1 Å². The predicted octanol–water partition coefficient (Wildman–Crippen LogP) is 19.4. The van der Waals surface area contributed by atoms with E-state index in [1.807, 2.05) is 18.3 Å². The molecule has 1 spiro atoms. The fourth-order valence-corrected chi connectivity index (χ4v) is 19.5. The molecule has 0 bridgehead atoms. The van der Waals surface area contributed by atoms with Gasteiger partial charge in [0.15, 0.2) is 0 Å².